The van der Waals surface area contributed by atoms with E-state index in [0.29, 0.717) is 29.1 Å². The number of aromatic nitrogens is 4. The maximum atomic E-state index is 13.3. The van der Waals surface area contributed by atoms with E-state index in [1.165, 1.54) is 8.97 Å². The molecule has 36 heavy (non-hydrogen) atoms. The Hall–Kier alpha value is -4.21. The van der Waals surface area contributed by atoms with Crippen molar-refractivity contribution < 1.29 is 9.59 Å². The number of hydrogen-bond acceptors (Lipinski definition) is 5. The maximum Gasteiger partial charge on any atom is 0.352 e. The summed E-state index contributed by atoms with van der Waals surface area (Å²) in [6.45, 7) is 8.09. The van der Waals surface area contributed by atoms with Crippen LogP contribution in [0.1, 0.15) is 31.4 Å². The number of fused-ring (bicyclic) bond motifs is 3. The SMILES string of the molecule is Cc1cccc(NC(=O)Cn2nc3n(CCC(=O)NCC(C)C)c(=O)c4ccccc4n3c2=O)c1C. The second kappa shape index (κ2) is 10.2. The fourth-order valence-corrected chi connectivity index (χ4v) is 4.00. The Balaban J connectivity index is 1.70. The van der Waals surface area contributed by atoms with Crippen molar-refractivity contribution >= 4 is 34.2 Å². The average Bonchev–Trinajstić information content (AvgIpc) is 3.16. The highest BCUT2D eigenvalue weighted by molar-refractivity contribution is 5.91. The fraction of sp³-hybridized carbons (Fsp3) is 0.346. The summed E-state index contributed by atoms with van der Waals surface area (Å²) in [7, 11) is 0. The van der Waals surface area contributed by atoms with Gasteiger partial charge in [-0.1, -0.05) is 38.1 Å². The highest BCUT2D eigenvalue weighted by atomic mass is 16.2. The molecule has 0 unspecified atom stereocenters. The van der Waals surface area contributed by atoms with Gasteiger partial charge in [-0.15, -0.1) is 5.10 Å². The lowest BCUT2D eigenvalue weighted by Crippen LogP contribution is -2.31. The molecule has 0 bridgehead atoms. The Bertz CT molecular complexity index is 1580. The van der Waals surface area contributed by atoms with Gasteiger partial charge < -0.3 is 10.6 Å². The molecule has 2 heterocycles. The predicted molar refractivity (Wildman–Crippen MR) is 138 cm³/mol. The molecular formula is C26H30N6O4. The van der Waals surface area contributed by atoms with Crippen LogP contribution < -0.4 is 21.9 Å². The predicted octanol–water partition coefficient (Wildman–Crippen LogP) is 2.23. The first-order valence-electron chi connectivity index (χ1n) is 11.9. The highest BCUT2D eigenvalue weighted by Gasteiger charge is 2.19. The first-order chi connectivity index (χ1) is 17.2. The molecule has 0 saturated heterocycles. The molecule has 0 aliphatic heterocycles. The molecule has 4 rings (SSSR count). The van der Waals surface area contributed by atoms with Gasteiger partial charge in [-0.25, -0.2) is 13.9 Å². The van der Waals surface area contributed by atoms with Crippen molar-refractivity contribution in [2.45, 2.75) is 47.2 Å². The van der Waals surface area contributed by atoms with Gasteiger partial charge in [0.25, 0.3) is 5.56 Å². The van der Waals surface area contributed by atoms with Gasteiger partial charge in [0, 0.05) is 25.2 Å². The molecule has 10 nitrogen and oxygen atoms in total. The van der Waals surface area contributed by atoms with Gasteiger partial charge in [-0.3, -0.25) is 19.0 Å². The van der Waals surface area contributed by atoms with Crippen molar-refractivity contribution in [2.75, 3.05) is 11.9 Å². The van der Waals surface area contributed by atoms with Crippen LogP contribution in [0.2, 0.25) is 0 Å². The van der Waals surface area contributed by atoms with E-state index in [-0.39, 0.29) is 36.8 Å². The standard InChI is InChI=1S/C26H30N6O4/c1-16(2)14-27-22(33)12-13-30-24(35)19-9-5-6-11-21(19)32-25(30)29-31(26(32)36)15-23(34)28-20-10-7-8-17(3)18(20)4/h5-11,16H,12-15H2,1-4H3,(H,27,33)(H,28,34). The molecule has 2 aromatic heterocycles. The van der Waals surface area contributed by atoms with Crippen LogP contribution in [0.3, 0.4) is 0 Å². The largest absolute Gasteiger partial charge is 0.356 e. The minimum Gasteiger partial charge on any atom is -0.356 e. The first kappa shape index (κ1) is 24.9. The van der Waals surface area contributed by atoms with Gasteiger partial charge >= 0.3 is 5.69 Å². The van der Waals surface area contributed by atoms with Gasteiger partial charge in [0.15, 0.2) is 0 Å². The number of carbonyl (C=O) groups is 2. The Morgan fingerprint density at radius 1 is 1.00 bits per heavy atom. The molecule has 2 aromatic carbocycles. The van der Waals surface area contributed by atoms with Crippen molar-refractivity contribution in [1.29, 1.82) is 0 Å². The summed E-state index contributed by atoms with van der Waals surface area (Å²) in [4.78, 5) is 51.7. The lowest BCUT2D eigenvalue weighted by molar-refractivity contribution is -0.121. The van der Waals surface area contributed by atoms with Crippen molar-refractivity contribution in [3.63, 3.8) is 0 Å². The molecule has 2 amide bonds. The van der Waals surface area contributed by atoms with Crippen molar-refractivity contribution in [2.24, 2.45) is 5.92 Å². The summed E-state index contributed by atoms with van der Waals surface area (Å²) >= 11 is 0. The number of nitrogens with zero attached hydrogens (tertiary/aromatic N) is 4. The van der Waals surface area contributed by atoms with Gasteiger partial charge in [-0.05, 0) is 49.1 Å². The van der Waals surface area contributed by atoms with Crippen LogP contribution in [0, 0.1) is 19.8 Å². The summed E-state index contributed by atoms with van der Waals surface area (Å²) < 4.78 is 3.67. The van der Waals surface area contributed by atoms with E-state index < -0.39 is 11.6 Å². The van der Waals surface area contributed by atoms with Gasteiger partial charge in [0.2, 0.25) is 17.6 Å². The molecular weight excluding hydrogens is 460 g/mol. The number of rotatable bonds is 8. The van der Waals surface area contributed by atoms with Crippen molar-refractivity contribution in [1.82, 2.24) is 24.1 Å². The topological polar surface area (TPSA) is 120 Å². The van der Waals surface area contributed by atoms with E-state index in [2.05, 4.69) is 15.7 Å². The zero-order chi connectivity index (χ0) is 26.0. The van der Waals surface area contributed by atoms with Crippen LogP contribution in [-0.2, 0) is 22.7 Å². The third-order valence-corrected chi connectivity index (χ3v) is 6.13. The van der Waals surface area contributed by atoms with Crippen LogP contribution >= 0.6 is 0 Å². The molecule has 10 heteroatoms. The monoisotopic (exact) mass is 490 g/mol. The van der Waals surface area contributed by atoms with Crippen LogP contribution in [0.4, 0.5) is 5.69 Å². The van der Waals surface area contributed by atoms with Crippen LogP contribution in [0.15, 0.2) is 52.1 Å². The average molecular weight is 491 g/mol. The van der Waals surface area contributed by atoms with E-state index >= 15 is 0 Å². The van der Waals surface area contributed by atoms with Crippen molar-refractivity contribution in [3.05, 3.63) is 74.4 Å². The normalized spacial score (nSPS) is 11.4. The number of anilines is 1. The number of nitrogens with one attached hydrogen (secondary N) is 2. The highest BCUT2D eigenvalue weighted by Crippen LogP contribution is 2.18. The summed E-state index contributed by atoms with van der Waals surface area (Å²) in [5.41, 5.74) is 2.12. The molecule has 0 spiro atoms. The van der Waals surface area contributed by atoms with E-state index in [1.807, 2.05) is 39.8 Å². The Kier molecular flexibility index (Phi) is 7.05. The molecule has 0 saturated carbocycles. The van der Waals surface area contributed by atoms with E-state index in [9.17, 15) is 19.2 Å². The lowest BCUT2D eigenvalue weighted by Gasteiger charge is -2.11. The van der Waals surface area contributed by atoms with E-state index in [4.69, 9.17) is 0 Å². The Morgan fingerprint density at radius 2 is 1.75 bits per heavy atom. The van der Waals surface area contributed by atoms with Gasteiger partial charge in [-0.2, -0.15) is 0 Å². The van der Waals surface area contributed by atoms with Crippen LogP contribution in [0.25, 0.3) is 16.7 Å². The molecule has 0 aliphatic rings. The quantitative estimate of drug-likeness (QED) is 0.393. The number of hydrogen-bond donors (Lipinski definition) is 2. The molecule has 0 radical (unpaired) electrons. The van der Waals surface area contributed by atoms with Crippen LogP contribution in [0.5, 0.6) is 0 Å². The number of carbonyl (C=O) groups excluding carboxylic acids is 2. The van der Waals surface area contributed by atoms with Gasteiger partial charge in [0.05, 0.1) is 10.9 Å². The fourth-order valence-electron chi connectivity index (χ4n) is 4.00. The second-order valence-corrected chi connectivity index (χ2v) is 9.29. The van der Waals surface area contributed by atoms with E-state index in [0.717, 1.165) is 15.8 Å². The van der Waals surface area contributed by atoms with Gasteiger partial charge in [0.1, 0.15) is 6.54 Å². The maximum absolute atomic E-state index is 13.3. The number of aryl methyl sites for hydroxylation is 2. The van der Waals surface area contributed by atoms with E-state index in [1.54, 1.807) is 30.3 Å². The van der Waals surface area contributed by atoms with Crippen molar-refractivity contribution in [3.8, 4) is 0 Å². The third-order valence-electron chi connectivity index (χ3n) is 6.13. The smallest absolute Gasteiger partial charge is 0.352 e. The molecule has 0 atom stereocenters. The first-order valence-corrected chi connectivity index (χ1v) is 11.9. The number of amides is 2. The molecule has 2 N–H and O–H groups in total. The van der Waals surface area contributed by atoms with Crippen LogP contribution in [-0.4, -0.2) is 37.1 Å². The zero-order valence-electron chi connectivity index (χ0n) is 20.9. The Labute approximate surface area is 207 Å². The minimum atomic E-state index is -0.546. The number of benzene rings is 2. The second-order valence-electron chi connectivity index (χ2n) is 9.29. The number of para-hydroxylation sites is 1. The third kappa shape index (κ3) is 4.93. The molecule has 188 valence electrons. The summed E-state index contributed by atoms with van der Waals surface area (Å²) in [5, 5.41) is 10.3. The zero-order valence-corrected chi connectivity index (χ0v) is 20.9. The minimum absolute atomic E-state index is 0.0439. The molecule has 0 aliphatic carbocycles. The lowest BCUT2D eigenvalue weighted by atomic mass is 10.1. The summed E-state index contributed by atoms with van der Waals surface area (Å²) in [5.74, 6) is -0.231. The molecule has 0 fully saturated rings. The summed E-state index contributed by atoms with van der Waals surface area (Å²) in [6.07, 6.45) is 0.0504. The summed E-state index contributed by atoms with van der Waals surface area (Å²) in [6, 6.07) is 12.3. The molecule has 4 aromatic rings. The Morgan fingerprint density at radius 3 is 2.50 bits per heavy atom.